The second-order valence-corrected chi connectivity index (χ2v) is 9.90. The van der Waals surface area contributed by atoms with Crippen LogP contribution in [0.2, 0.25) is 0 Å². The number of hydrogen-bond acceptors (Lipinski definition) is 6. The molecule has 0 atom stereocenters. The predicted molar refractivity (Wildman–Crippen MR) is 147 cm³/mol. The summed E-state index contributed by atoms with van der Waals surface area (Å²) in [6.45, 7) is 0.355. The monoisotopic (exact) mass is 526 g/mol. The van der Waals surface area contributed by atoms with Gasteiger partial charge in [0.05, 0.1) is 17.6 Å². The van der Waals surface area contributed by atoms with Gasteiger partial charge >= 0.3 is 5.97 Å². The summed E-state index contributed by atoms with van der Waals surface area (Å²) in [6, 6.07) is 14.4. The first-order valence-corrected chi connectivity index (χ1v) is 13.2. The number of carbonyl (C=O) groups excluding carboxylic acids is 1. The van der Waals surface area contributed by atoms with Crippen molar-refractivity contribution in [3.63, 3.8) is 0 Å². The Labute approximate surface area is 225 Å². The Bertz CT molecular complexity index is 1560. The summed E-state index contributed by atoms with van der Waals surface area (Å²) in [7, 11) is 0. The number of aromatic hydroxyl groups is 1. The minimum Gasteiger partial charge on any atom is -0.505 e. The Hall–Kier alpha value is -4.53. The van der Waals surface area contributed by atoms with E-state index in [-0.39, 0.29) is 30.0 Å². The van der Waals surface area contributed by atoms with E-state index in [0.717, 1.165) is 25.7 Å². The van der Waals surface area contributed by atoms with Crippen molar-refractivity contribution < 1.29 is 19.8 Å². The maximum atomic E-state index is 14.1. The molecule has 0 radical (unpaired) electrons. The van der Waals surface area contributed by atoms with Gasteiger partial charge < -0.3 is 20.1 Å². The van der Waals surface area contributed by atoms with Crippen LogP contribution in [0.1, 0.15) is 49.0 Å². The first-order valence-electron chi connectivity index (χ1n) is 13.2. The van der Waals surface area contributed by atoms with Crippen LogP contribution in [0.4, 0.5) is 0 Å². The van der Waals surface area contributed by atoms with E-state index in [1.165, 1.54) is 6.42 Å². The fraction of sp³-hybridized carbons (Fsp3) is 0.300. The smallest absolute Gasteiger partial charge is 0.305 e. The third-order valence-electron chi connectivity index (χ3n) is 7.26. The molecule has 39 heavy (non-hydrogen) atoms. The van der Waals surface area contributed by atoms with Gasteiger partial charge in [-0.05, 0) is 42.5 Å². The van der Waals surface area contributed by atoms with Crippen LogP contribution in [0, 0.1) is 5.92 Å². The number of pyridine rings is 3. The molecule has 200 valence electrons. The molecular weight excluding hydrogens is 496 g/mol. The van der Waals surface area contributed by atoms with Gasteiger partial charge in [0.15, 0.2) is 11.4 Å². The molecule has 1 fully saturated rings. The highest BCUT2D eigenvalue weighted by molar-refractivity contribution is 6.06. The lowest BCUT2D eigenvalue weighted by atomic mass is 9.89. The van der Waals surface area contributed by atoms with Crippen molar-refractivity contribution in [2.75, 3.05) is 6.54 Å². The van der Waals surface area contributed by atoms with Gasteiger partial charge in [0, 0.05) is 42.0 Å². The third kappa shape index (κ3) is 5.52. The molecule has 9 nitrogen and oxygen atoms in total. The zero-order chi connectivity index (χ0) is 27.4. The van der Waals surface area contributed by atoms with Gasteiger partial charge in [-0.2, -0.15) is 0 Å². The SMILES string of the molecule is O=C(O)CCNC(=O)c1nc(-c2ccncc2)c2c(cc(-c3ccccc3)c(=O)n2CC2CCCCC2)c1O. The molecule has 1 saturated carbocycles. The van der Waals surface area contributed by atoms with E-state index >= 15 is 0 Å². The number of hydrogen-bond donors (Lipinski definition) is 3. The number of carbonyl (C=O) groups is 2. The van der Waals surface area contributed by atoms with E-state index in [2.05, 4.69) is 15.3 Å². The van der Waals surface area contributed by atoms with Crippen molar-refractivity contribution in [2.45, 2.75) is 45.1 Å². The molecule has 1 amide bonds. The zero-order valence-electron chi connectivity index (χ0n) is 21.5. The van der Waals surface area contributed by atoms with Gasteiger partial charge in [0.25, 0.3) is 11.5 Å². The van der Waals surface area contributed by atoms with E-state index < -0.39 is 11.9 Å². The highest BCUT2D eigenvalue weighted by Gasteiger charge is 2.26. The average molecular weight is 527 g/mol. The van der Waals surface area contributed by atoms with Crippen molar-refractivity contribution in [3.8, 4) is 28.1 Å². The van der Waals surface area contributed by atoms with Crippen molar-refractivity contribution in [1.29, 1.82) is 0 Å². The Kier molecular flexibility index (Phi) is 7.67. The largest absolute Gasteiger partial charge is 0.505 e. The van der Waals surface area contributed by atoms with Crippen molar-refractivity contribution in [1.82, 2.24) is 19.9 Å². The molecule has 1 aliphatic carbocycles. The summed E-state index contributed by atoms with van der Waals surface area (Å²) in [5.41, 5.74) is 2.17. The fourth-order valence-corrected chi connectivity index (χ4v) is 5.31. The van der Waals surface area contributed by atoms with Crippen LogP contribution in [0.5, 0.6) is 5.75 Å². The number of carboxylic acid groups (broad SMARTS) is 1. The Morgan fingerprint density at radius 1 is 1.00 bits per heavy atom. The maximum Gasteiger partial charge on any atom is 0.305 e. The first-order chi connectivity index (χ1) is 18.9. The summed E-state index contributed by atoms with van der Waals surface area (Å²) in [6.07, 6.45) is 8.36. The van der Waals surface area contributed by atoms with Gasteiger partial charge in [0.1, 0.15) is 0 Å². The molecule has 5 rings (SSSR count). The quantitative estimate of drug-likeness (QED) is 0.305. The summed E-state index contributed by atoms with van der Waals surface area (Å²) in [5.74, 6) is -1.80. The van der Waals surface area contributed by atoms with E-state index in [0.29, 0.717) is 45.7 Å². The second kappa shape index (κ2) is 11.5. The van der Waals surface area contributed by atoms with Crippen LogP contribution in [-0.2, 0) is 11.3 Å². The van der Waals surface area contributed by atoms with E-state index in [4.69, 9.17) is 5.11 Å². The van der Waals surface area contributed by atoms with E-state index in [1.807, 2.05) is 30.3 Å². The van der Waals surface area contributed by atoms with Gasteiger partial charge in [-0.3, -0.25) is 19.4 Å². The van der Waals surface area contributed by atoms with E-state index in [9.17, 15) is 19.5 Å². The van der Waals surface area contributed by atoms with Crippen LogP contribution >= 0.6 is 0 Å². The van der Waals surface area contributed by atoms with Gasteiger partial charge in [-0.1, -0.05) is 49.6 Å². The minimum absolute atomic E-state index is 0.117. The van der Waals surface area contributed by atoms with E-state index in [1.54, 1.807) is 35.2 Å². The normalized spacial score (nSPS) is 13.8. The highest BCUT2D eigenvalue weighted by atomic mass is 16.4. The molecule has 3 heterocycles. The summed E-state index contributed by atoms with van der Waals surface area (Å²) >= 11 is 0. The molecule has 0 aliphatic heterocycles. The lowest BCUT2D eigenvalue weighted by Gasteiger charge is -2.25. The number of aromatic nitrogens is 3. The maximum absolute atomic E-state index is 14.1. The molecule has 0 bridgehead atoms. The standard InChI is InChI=1S/C30H30N4O5/c35-24(36)13-16-32-29(38)26-28(37)23-17-22(20-9-5-2-6-10-20)30(39)34(18-19-7-3-1-4-8-19)27(23)25(33-26)21-11-14-31-15-12-21/h2,5-6,9-12,14-15,17,19,37H,1,3-4,7-8,13,16,18H2,(H,32,38)(H,35,36). The second-order valence-electron chi connectivity index (χ2n) is 9.90. The number of carboxylic acids is 1. The molecule has 9 heteroatoms. The van der Waals surface area contributed by atoms with Crippen LogP contribution in [0.15, 0.2) is 65.7 Å². The Balaban J connectivity index is 1.78. The summed E-state index contributed by atoms with van der Waals surface area (Å²) < 4.78 is 1.71. The number of amides is 1. The molecular formula is C30H30N4O5. The minimum atomic E-state index is -1.05. The average Bonchev–Trinajstić information content (AvgIpc) is 2.96. The van der Waals surface area contributed by atoms with Crippen molar-refractivity contribution in [2.24, 2.45) is 5.92 Å². The number of rotatable bonds is 8. The zero-order valence-corrected chi connectivity index (χ0v) is 21.5. The van der Waals surface area contributed by atoms with Crippen LogP contribution in [0.25, 0.3) is 33.3 Å². The molecule has 1 aliphatic rings. The van der Waals surface area contributed by atoms with Crippen LogP contribution in [0.3, 0.4) is 0 Å². The number of nitrogens with zero attached hydrogens (tertiary/aromatic N) is 3. The molecule has 1 aromatic carbocycles. The molecule has 4 aromatic rings. The Morgan fingerprint density at radius 3 is 2.41 bits per heavy atom. The Morgan fingerprint density at radius 2 is 1.72 bits per heavy atom. The number of nitrogens with one attached hydrogen (secondary N) is 1. The molecule has 0 unspecified atom stereocenters. The molecule has 0 spiro atoms. The molecule has 3 aromatic heterocycles. The van der Waals surface area contributed by atoms with Crippen LogP contribution < -0.4 is 10.9 Å². The number of benzene rings is 1. The number of aliphatic carboxylic acids is 1. The van der Waals surface area contributed by atoms with Crippen molar-refractivity contribution >= 4 is 22.8 Å². The third-order valence-corrected chi connectivity index (χ3v) is 7.26. The van der Waals surface area contributed by atoms with Gasteiger partial charge in [0.2, 0.25) is 0 Å². The van der Waals surface area contributed by atoms with Gasteiger partial charge in [-0.15, -0.1) is 0 Å². The lowest BCUT2D eigenvalue weighted by Crippen LogP contribution is -2.29. The predicted octanol–water partition coefficient (Wildman–Crippen LogP) is 4.62. The molecule has 3 N–H and O–H groups in total. The fourth-order valence-electron chi connectivity index (χ4n) is 5.31. The topological polar surface area (TPSA) is 134 Å². The number of fused-ring (bicyclic) bond motifs is 1. The highest BCUT2D eigenvalue weighted by Crippen LogP contribution is 2.37. The lowest BCUT2D eigenvalue weighted by molar-refractivity contribution is -0.136. The summed E-state index contributed by atoms with van der Waals surface area (Å²) in [5, 5.41) is 23.2. The van der Waals surface area contributed by atoms with Gasteiger partial charge in [-0.25, -0.2) is 4.98 Å². The van der Waals surface area contributed by atoms with Crippen LogP contribution in [-0.4, -0.2) is 43.2 Å². The first kappa shape index (κ1) is 26.1. The summed E-state index contributed by atoms with van der Waals surface area (Å²) in [4.78, 5) is 46.8. The molecule has 0 saturated heterocycles. The van der Waals surface area contributed by atoms with Crippen molar-refractivity contribution in [3.05, 3.63) is 77.0 Å².